The molecule has 0 aliphatic heterocycles. The molecule has 0 saturated carbocycles. The number of carbonyl (C=O) groups excluding carboxylic acids is 3. The van der Waals surface area contributed by atoms with Gasteiger partial charge < -0.3 is 24.3 Å². The second kappa shape index (κ2) is 12.0. The van der Waals surface area contributed by atoms with Crippen LogP contribution in [0.1, 0.15) is 21.5 Å². The van der Waals surface area contributed by atoms with E-state index in [1.54, 1.807) is 48.5 Å². The summed E-state index contributed by atoms with van der Waals surface area (Å²) in [5.41, 5.74) is 4.20. The van der Waals surface area contributed by atoms with E-state index in [1.165, 1.54) is 27.5 Å². The number of esters is 1. The number of hydrazone groups is 1. The fourth-order valence-corrected chi connectivity index (χ4v) is 3.10. The molecule has 0 unspecified atom stereocenters. The molecule has 0 atom stereocenters. The van der Waals surface area contributed by atoms with Crippen molar-refractivity contribution in [1.82, 2.24) is 5.43 Å². The van der Waals surface area contributed by atoms with Gasteiger partial charge in [0.2, 0.25) is 0 Å². The highest BCUT2D eigenvalue weighted by Crippen LogP contribution is 2.30. The quantitative estimate of drug-likeness (QED) is 0.163. The summed E-state index contributed by atoms with van der Waals surface area (Å²) in [6, 6.07) is 16.5. The van der Waals surface area contributed by atoms with Crippen LogP contribution in [0.5, 0.6) is 23.0 Å². The molecular weight excluding hydrogens is 466 g/mol. The number of hydrogen-bond donors (Lipinski definition) is 2. The van der Waals surface area contributed by atoms with Crippen molar-refractivity contribution in [3.05, 3.63) is 77.4 Å². The lowest BCUT2D eigenvalue weighted by Crippen LogP contribution is -2.32. The monoisotopic (exact) mass is 491 g/mol. The number of amides is 2. The molecule has 36 heavy (non-hydrogen) atoms. The summed E-state index contributed by atoms with van der Waals surface area (Å²) in [4.78, 5) is 36.8. The first-order chi connectivity index (χ1) is 17.4. The number of anilines is 1. The minimum Gasteiger partial charge on any atom is -0.497 e. The third-order valence-electron chi connectivity index (χ3n) is 5.00. The smallest absolute Gasteiger partial charge is 0.343 e. The molecule has 0 aliphatic rings. The maximum absolute atomic E-state index is 12.5. The zero-order valence-electron chi connectivity index (χ0n) is 20.2. The van der Waals surface area contributed by atoms with E-state index in [9.17, 15) is 14.4 Å². The van der Waals surface area contributed by atoms with Crippen molar-refractivity contribution < 1.29 is 33.3 Å². The summed E-state index contributed by atoms with van der Waals surface area (Å²) in [7, 11) is 4.36. The Morgan fingerprint density at radius 2 is 1.56 bits per heavy atom. The predicted octanol–water partition coefficient (Wildman–Crippen LogP) is 3.33. The first kappa shape index (κ1) is 25.8. The third kappa shape index (κ3) is 6.38. The molecule has 0 aliphatic carbocycles. The Morgan fingerprint density at radius 3 is 2.25 bits per heavy atom. The number of hydrogen-bond acceptors (Lipinski definition) is 8. The molecule has 0 aromatic heterocycles. The molecule has 0 fully saturated rings. The summed E-state index contributed by atoms with van der Waals surface area (Å²) < 4.78 is 21.1. The first-order valence-electron chi connectivity index (χ1n) is 10.7. The van der Waals surface area contributed by atoms with Crippen LogP contribution in [0.3, 0.4) is 0 Å². The Labute approximate surface area is 207 Å². The minimum absolute atomic E-state index is 0.222. The molecule has 0 heterocycles. The standard InChI is InChI=1S/C26H25N3O7/c1-16-7-5-6-8-19(16)26(32)36-21-12-9-17(13-23(21)35-4)15-27-29-25(31)24(30)28-20-11-10-18(33-2)14-22(20)34-3/h5-15H,1-4H3,(H,28,30)(H,29,31)/b27-15+. The number of carbonyl (C=O) groups is 3. The Morgan fingerprint density at radius 1 is 0.806 bits per heavy atom. The zero-order chi connectivity index (χ0) is 26.1. The summed E-state index contributed by atoms with van der Waals surface area (Å²) >= 11 is 0. The SMILES string of the molecule is COc1ccc(NC(=O)C(=O)N/N=C/c2ccc(OC(=O)c3ccccc3C)c(OC)c2)c(OC)c1. The van der Waals surface area contributed by atoms with E-state index in [1.807, 2.05) is 19.1 Å². The van der Waals surface area contributed by atoms with Crippen molar-refractivity contribution in [2.24, 2.45) is 5.10 Å². The molecule has 186 valence electrons. The number of nitrogens with one attached hydrogen (secondary N) is 2. The summed E-state index contributed by atoms with van der Waals surface area (Å²) in [6.07, 6.45) is 1.31. The van der Waals surface area contributed by atoms with Crippen molar-refractivity contribution in [3.8, 4) is 23.0 Å². The fourth-order valence-electron chi connectivity index (χ4n) is 3.10. The van der Waals surface area contributed by atoms with Crippen LogP contribution in [0.15, 0.2) is 65.8 Å². The van der Waals surface area contributed by atoms with Gasteiger partial charge in [-0.2, -0.15) is 5.10 Å². The highest BCUT2D eigenvalue weighted by atomic mass is 16.6. The van der Waals surface area contributed by atoms with Crippen LogP contribution in [0.2, 0.25) is 0 Å². The van der Waals surface area contributed by atoms with E-state index in [0.29, 0.717) is 28.3 Å². The van der Waals surface area contributed by atoms with Crippen molar-refractivity contribution in [2.45, 2.75) is 6.92 Å². The molecule has 0 bridgehead atoms. The average Bonchev–Trinajstić information content (AvgIpc) is 2.89. The average molecular weight is 492 g/mol. The molecule has 10 heteroatoms. The fraction of sp³-hybridized carbons (Fsp3) is 0.154. The van der Waals surface area contributed by atoms with Gasteiger partial charge in [-0.05, 0) is 54.4 Å². The van der Waals surface area contributed by atoms with E-state index in [2.05, 4.69) is 15.8 Å². The number of ether oxygens (including phenoxy) is 4. The Balaban J connectivity index is 1.62. The van der Waals surface area contributed by atoms with Gasteiger partial charge in [0.05, 0.1) is 38.8 Å². The number of aryl methyl sites for hydroxylation is 1. The van der Waals surface area contributed by atoms with Crippen LogP contribution in [0, 0.1) is 6.92 Å². The van der Waals surface area contributed by atoms with Gasteiger partial charge >= 0.3 is 17.8 Å². The van der Waals surface area contributed by atoms with E-state index in [0.717, 1.165) is 5.56 Å². The van der Waals surface area contributed by atoms with Gasteiger partial charge in [0.1, 0.15) is 11.5 Å². The van der Waals surface area contributed by atoms with Gasteiger partial charge in [0.25, 0.3) is 0 Å². The van der Waals surface area contributed by atoms with E-state index < -0.39 is 17.8 Å². The molecule has 0 radical (unpaired) electrons. The molecule has 3 aromatic rings. The number of benzene rings is 3. The predicted molar refractivity (Wildman–Crippen MR) is 133 cm³/mol. The Hall–Kier alpha value is -4.86. The van der Waals surface area contributed by atoms with E-state index in [4.69, 9.17) is 18.9 Å². The molecular formula is C26H25N3O7. The second-order valence-corrected chi connectivity index (χ2v) is 7.33. The highest BCUT2D eigenvalue weighted by molar-refractivity contribution is 6.39. The first-order valence-corrected chi connectivity index (χ1v) is 10.7. The largest absolute Gasteiger partial charge is 0.497 e. The highest BCUT2D eigenvalue weighted by Gasteiger charge is 2.17. The van der Waals surface area contributed by atoms with Gasteiger partial charge in [0, 0.05) is 6.07 Å². The third-order valence-corrected chi connectivity index (χ3v) is 5.00. The maximum Gasteiger partial charge on any atom is 0.343 e. The summed E-state index contributed by atoms with van der Waals surface area (Å²) in [6.45, 7) is 1.81. The molecule has 0 saturated heterocycles. The maximum atomic E-state index is 12.5. The Bertz CT molecular complexity index is 1300. The lowest BCUT2D eigenvalue weighted by atomic mass is 10.1. The van der Waals surface area contributed by atoms with Crippen LogP contribution < -0.4 is 29.7 Å². The van der Waals surface area contributed by atoms with Crippen molar-refractivity contribution >= 4 is 29.7 Å². The number of methoxy groups -OCH3 is 3. The van der Waals surface area contributed by atoms with Crippen molar-refractivity contribution in [3.63, 3.8) is 0 Å². The van der Waals surface area contributed by atoms with Gasteiger partial charge in [-0.15, -0.1) is 0 Å². The molecule has 2 amide bonds. The van der Waals surface area contributed by atoms with Gasteiger partial charge in [-0.25, -0.2) is 10.2 Å². The van der Waals surface area contributed by atoms with Crippen molar-refractivity contribution in [2.75, 3.05) is 26.6 Å². The lowest BCUT2D eigenvalue weighted by Gasteiger charge is -2.11. The topological polar surface area (TPSA) is 125 Å². The van der Waals surface area contributed by atoms with E-state index in [-0.39, 0.29) is 11.5 Å². The zero-order valence-corrected chi connectivity index (χ0v) is 20.2. The van der Waals surface area contributed by atoms with Crippen molar-refractivity contribution in [1.29, 1.82) is 0 Å². The van der Waals surface area contributed by atoms with Crippen LogP contribution >= 0.6 is 0 Å². The lowest BCUT2D eigenvalue weighted by molar-refractivity contribution is -0.136. The Kier molecular flexibility index (Phi) is 8.60. The van der Waals surface area contributed by atoms with Gasteiger partial charge in [0.15, 0.2) is 11.5 Å². The van der Waals surface area contributed by atoms with E-state index >= 15 is 0 Å². The normalized spacial score (nSPS) is 10.4. The molecule has 2 N–H and O–H groups in total. The minimum atomic E-state index is -0.986. The number of nitrogens with zero attached hydrogens (tertiary/aromatic N) is 1. The molecule has 3 rings (SSSR count). The summed E-state index contributed by atoms with van der Waals surface area (Å²) in [5, 5.41) is 6.25. The molecule has 3 aromatic carbocycles. The molecule has 10 nitrogen and oxygen atoms in total. The summed E-state index contributed by atoms with van der Waals surface area (Å²) in [5.74, 6) is -1.07. The second-order valence-electron chi connectivity index (χ2n) is 7.33. The van der Waals surface area contributed by atoms with Crippen LogP contribution in [-0.2, 0) is 9.59 Å². The van der Waals surface area contributed by atoms with Crippen LogP contribution in [0.25, 0.3) is 0 Å². The number of rotatable bonds is 8. The van der Waals surface area contributed by atoms with Gasteiger partial charge in [-0.1, -0.05) is 18.2 Å². The van der Waals surface area contributed by atoms with Gasteiger partial charge in [-0.3, -0.25) is 9.59 Å². The molecule has 0 spiro atoms. The van der Waals surface area contributed by atoms with Crippen LogP contribution in [-0.4, -0.2) is 45.3 Å². The van der Waals surface area contributed by atoms with Crippen LogP contribution in [0.4, 0.5) is 5.69 Å².